The van der Waals surface area contributed by atoms with Gasteiger partial charge in [-0.1, -0.05) is 18.2 Å². The number of phenolic OH excluding ortho intramolecular Hbond substituents is 3. The van der Waals surface area contributed by atoms with Crippen LogP contribution in [0.4, 0.5) is 5.69 Å². The highest BCUT2D eigenvalue weighted by Crippen LogP contribution is 2.35. The van der Waals surface area contributed by atoms with Crippen molar-refractivity contribution in [3.05, 3.63) is 47.5 Å². The van der Waals surface area contributed by atoms with Gasteiger partial charge in [-0.25, -0.2) is 0 Å². The van der Waals surface area contributed by atoms with Crippen LogP contribution in [-0.2, 0) is 11.3 Å². The summed E-state index contributed by atoms with van der Waals surface area (Å²) in [5.74, 6) is -3.01. The van der Waals surface area contributed by atoms with E-state index in [1.54, 1.807) is 30.3 Å². The first kappa shape index (κ1) is 17.6. The van der Waals surface area contributed by atoms with Gasteiger partial charge in [0.2, 0.25) is 5.91 Å². The van der Waals surface area contributed by atoms with Crippen molar-refractivity contribution in [1.82, 2.24) is 5.32 Å². The Morgan fingerprint density at radius 3 is 2.36 bits per heavy atom. The predicted octanol–water partition coefficient (Wildman–Crippen LogP) is 1.59. The summed E-state index contributed by atoms with van der Waals surface area (Å²) >= 11 is 0. The van der Waals surface area contributed by atoms with Crippen LogP contribution in [0.1, 0.15) is 22.3 Å². The number of phenols is 3. The van der Waals surface area contributed by atoms with E-state index in [-0.39, 0.29) is 18.5 Å². The summed E-state index contributed by atoms with van der Waals surface area (Å²) in [4.78, 5) is 23.7. The Morgan fingerprint density at radius 1 is 1.08 bits per heavy atom. The third-order valence-electron chi connectivity index (χ3n) is 3.31. The zero-order chi connectivity index (χ0) is 18.4. The lowest BCUT2D eigenvalue weighted by Gasteiger charge is -2.12. The number of nitrogens with one attached hydrogen (secondary N) is 2. The van der Waals surface area contributed by atoms with Crippen molar-refractivity contribution in [1.29, 1.82) is 5.26 Å². The molecule has 0 saturated carbocycles. The topological polar surface area (TPSA) is 143 Å². The average Bonchev–Trinajstić information content (AvgIpc) is 2.58. The van der Waals surface area contributed by atoms with Crippen LogP contribution in [0.15, 0.2) is 36.4 Å². The summed E-state index contributed by atoms with van der Waals surface area (Å²) in [7, 11) is 0. The molecule has 0 fully saturated rings. The number of carbonyl (C=O) groups is 2. The smallest absolute Gasteiger partial charge is 0.255 e. The van der Waals surface area contributed by atoms with Crippen molar-refractivity contribution in [3.8, 4) is 23.3 Å². The Bertz CT molecular complexity index is 835. The predicted molar refractivity (Wildman–Crippen MR) is 87.9 cm³/mol. The molecule has 128 valence electrons. The molecule has 0 aliphatic rings. The van der Waals surface area contributed by atoms with Crippen molar-refractivity contribution in [2.45, 2.75) is 13.0 Å². The second-order valence-electron chi connectivity index (χ2n) is 5.09. The highest BCUT2D eigenvalue weighted by atomic mass is 16.3. The monoisotopic (exact) mass is 341 g/mol. The lowest BCUT2D eigenvalue weighted by molar-refractivity contribution is -0.120. The lowest BCUT2D eigenvalue weighted by Crippen LogP contribution is -2.23. The molecule has 0 spiro atoms. The highest BCUT2D eigenvalue weighted by molar-refractivity contribution is 6.05. The van der Waals surface area contributed by atoms with Crippen molar-refractivity contribution < 1.29 is 24.9 Å². The minimum Gasteiger partial charge on any atom is -0.504 e. The molecule has 0 atom stereocenters. The van der Waals surface area contributed by atoms with Gasteiger partial charge in [0, 0.05) is 17.8 Å². The van der Waals surface area contributed by atoms with E-state index in [2.05, 4.69) is 10.6 Å². The van der Waals surface area contributed by atoms with Crippen LogP contribution in [0.2, 0.25) is 0 Å². The minimum absolute atomic E-state index is 0.0591. The summed E-state index contributed by atoms with van der Waals surface area (Å²) in [6.07, 6.45) is -0.263. The molecule has 0 aliphatic carbocycles. The van der Waals surface area contributed by atoms with Gasteiger partial charge in [-0.15, -0.1) is 0 Å². The summed E-state index contributed by atoms with van der Waals surface area (Å²) in [6, 6.07) is 10.5. The summed E-state index contributed by atoms with van der Waals surface area (Å²) in [5, 5.41) is 41.9. The summed E-state index contributed by atoms with van der Waals surface area (Å²) in [6.45, 7) is 0.114. The van der Waals surface area contributed by atoms with Crippen molar-refractivity contribution in [2.24, 2.45) is 0 Å². The van der Waals surface area contributed by atoms with Crippen LogP contribution >= 0.6 is 0 Å². The standard InChI is InChI=1S/C17H15N3O5/c18-6-5-15(23)19-9-10-3-1-2-4-12(10)20-17(25)11-7-13(21)16(24)14(22)8-11/h1-4,7-8,21-22,24H,5,9H2,(H,19,23)(H,20,25). The molecule has 8 nitrogen and oxygen atoms in total. The number of rotatable bonds is 5. The molecule has 0 saturated heterocycles. The number of benzene rings is 2. The molecule has 8 heteroatoms. The van der Waals surface area contributed by atoms with Crippen molar-refractivity contribution in [2.75, 3.05) is 5.32 Å². The van der Waals surface area contributed by atoms with Gasteiger partial charge in [0.1, 0.15) is 6.42 Å². The second-order valence-corrected chi connectivity index (χ2v) is 5.09. The quantitative estimate of drug-likeness (QED) is 0.523. The fourth-order valence-corrected chi connectivity index (χ4v) is 2.05. The van der Waals surface area contributed by atoms with Gasteiger partial charge in [-0.05, 0) is 23.8 Å². The van der Waals surface area contributed by atoms with E-state index in [4.69, 9.17) is 5.26 Å². The molecule has 2 aromatic rings. The van der Waals surface area contributed by atoms with E-state index >= 15 is 0 Å². The lowest BCUT2D eigenvalue weighted by atomic mass is 10.1. The normalized spacial score (nSPS) is 9.88. The first-order valence-corrected chi connectivity index (χ1v) is 7.20. The Balaban J connectivity index is 2.16. The molecule has 2 aromatic carbocycles. The van der Waals surface area contributed by atoms with Gasteiger partial charge < -0.3 is 26.0 Å². The minimum atomic E-state index is -0.711. The zero-order valence-electron chi connectivity index (χ0n) is 13.0. The SMILES string of the molecule is N#CCC(=O)NCc1ccccc1NC(=O)c1cc(O)c(O)c(O)c1. The Hall–Kier alpha value is -3.73. The van der Waals surface area contributed by atoms with E-state index in [0.29, 0.717) is 11.3 Å². The largest absolute Gasteiger partial charge is 0.504 e. The van der Waals surface area contributed by atoms with Crippen molar-refractivity contribution >= 4 is 17.5 Å². The second kappa shape index (κ2) is 7.70. The molecule has 2 rings (SSSR count). The van der Waals surface area contributed by atoms with E-state index in [0.717, 1.165) is 12.1 Å². The zero-order valence-corrected chi connectivity index (χ0v) is 13.0. The van der Waals surface area contributed by atoms with E-state index in [9.17, 15) is 24.9 Å². The van der Waals surface area contributed by atoms with Gasteiger partial charge in [0.05, 0.1) is 6.07 Å². The molecule has 0 aromatic heterocycles. The molecular formula is C17H15N3O5. The highest BCUT2D eigenvalue weighted by Gasteiger charge is 2.15. The molecule has 0 unspecified atom stereocenters. The number of amides is 2. The molecular weight excluding hydrogens is 326 g/mol. The first-order valence-electron chi connectivity index (χ1n) is 7.20. The van der Waals surface area contributed by atoms with Gasteiger partial charge in [-0.3, -0.25) is 9.59 Å². The van der Waals surface area contributed by atoms with Crippen LogP contribution in [0.25, 0.3) is 0 Å². The summed E-state index contributed by atoms with van der Waals surface area (Å²) < 4.78 is 0. The molecule has 0 aliphatic heterocycles. The van der Waals surface area contributed by atoms with Crippen LogP contribution in [0.3, 0.4) is 0 Å². The molecule has 25 heavy (non-hydrogen) atoms. The number of para-hydroxylation sites is 1. The third-order valence-corrected chi connectivity index (χ3v) is 3.31. The molecule has 0 bridgehead atoms. The van der Waals surface area contributed by atoms with E-state index < -0.39 is 29.1 Å². The Morgan fingerprint density at radius 2 is 1.72 bits per heavy atom. The maximum atomic E-state index is 12.3. The number of anilines is 1. The van der Waals surface area contributed by atoms with Crippen molar-refractivity contribution in [3.63, 3.8) is 0 Å². The molecule has 0 heterocycles. The number of hydrogen-bond donors (Lipinski definition) is 5. The number of nitrogens with zero attached hydrogens (tertiary/aromatic N) is 1. The number of nitriles is 1. The maximum Gasteiger partial charge on any atom is 0.255 e. The molecule has 2 amide bonds. The fraction of sp³-hybridized carbons (Fsp3) is 0.118. The van der Waals surface area contributed by atoms with E-state index in [1.165, 1.54) is 0 Å². The third kappa shape index (κ3) is 4.39. The number of aromatic hydroxyl groups is 3. The van der Waals surface area contributed by atoms with Gasteiger partial charge in [0.25, 0.3) is 5.91 Å². The van der Waals surface area contributed by atoms with Crippen LogP contribution < -0.4 is 10.6 Å². The van der Waals surface area contributed by atoms with E-state index in [1.807, 2.05) is 0 Å². The van der Waals surface area contributed by atoms with Crippen LogP contribution in [0.5, 0.6) is 17.2 Å². The van der Waals surface area contributed by atoms with Crippen LogP contribution in [0, 0.1) is 11.3 Å². The maximum absolute atomic E-state index is 12.3. The average molecular weight is 341 g/mol. The Kier molecular flexibility index (Phi) is 5.43. The Labute approximate surface area is 143 Å². The first-order chi connectivity index (χ1) is 11.9. The van der Waals surface area contributed by atoms with Gasteiger partial charge in [0.15, 0.2) is 17.2 Å². The molecule has 0 radical (unpaired) electrons. The van der Waals surface area contributed by atoms with Gasteiger partial charge in [-0.2, -0.15) is 5.26 Å². The number of carbonyl (C=O) groups excluding carboxylic acids is 2. The van der Waals surface area contributed by atoms with Crippen LogP contribution in [-0.4, -0.2) is 27.1 Å². The fourth-order valence-electron chi connectivity index (χ4n) is 2.05. The summed E-state index contributed by atoms with van der Waals surface area (Å²) in [5.41, 5.74) is 0.960. The molecule has 5 N–H and O–H groups in total. The number of hydrogen-bond acceptors (Lipinski definition) is 6. The van der Waals surface area contributed by atoms with Gasteiger partial charge >= 0.3 is 0 Å².